The van der Waals surface area contributed by atoms with Gasteiger partial charge in [0, 0.05) is 10.7 Å². The number of rotatable bonds is 6. The zero-order valence-corrected chi connectivity index (χ0v) is 15.5. The number of anilines is 1. The maximum atomic E-state index is 12.2. The molecule has 1 aromatic heterocycles. The largest absolute Gasteiger partial charge is 0.484 e. The summed E-state index contributed by atoms with van der Waals surface area (Å²) in [5, 5.41) is 7.60. The fraction of sp³-hybridized carbons (Fsp3) is 0.167. The van der Waals surface area contributed by atoms with Gasteiger partial charge in [-0.3, -0.25) is 4.79 Å². The third-order valence-electron chi connectivity index (χ3n) is 3.51. The number of benzene rings is 2. The summed E-state index contributed by atoms with van der Waals surface area (Å²) in [6.07, 6.45) is 0. The number of carbonyl (C=O) groups is 1. The maximum absolute atomic E-state index is 12.2. The molecule has 1 N–H and O–H groups in total. The Labute approximate surface area is 160 Å². The monoisotopic (exact) mass is 389 g/mol. The van der Waals surface area contributed by atoms with Gasteiger partial charge in [0.1, 0.15) is 12.3 Å². The molecule has 3 rings (SSSR count). The minimum atomic E-state index is -0.268. The molecule has 0 aliphatic rings. The van der Waals surface area contributed by atoms with Crippen LogP contribution in [-0.2, 0) is 17.9 Å². The van der Waals surface area contributed by atoms with Crippen molar-refractivity contribution < 1.29 is 13.9 Å². The van der Waals surface area contributed by atoms with E-state index in [0.29, 0.717) is 22.4 Å². The summed E-state index contributed by atoms with van der Waals surface area (Å²) in [5.74, 6) is 0.726. The van der Waals surface area contributed by atoms with E-state index >= 15 is 0 Å². The van der Waals surface area contributed by atoms with Crippen LogP contribution in [0.2, 0.25) is 5.02 Å². The van der Waals surface area contributed by atoms with Crippen molar-refractivity contribution in [3.05, 3.63) is 69.8 Å². The number of ether oxygens (including phenoxy) is 1. The number of nitrogens with zero attached hydrogens (tertiary/aromatic N) is 2. The molecule has 0 fully saturated rings. The Kier molecular flexibility index (Phi) is 5.70. The van der Waals surface area contributed by atoms with Crippen LogP contribution in [0.4, 0.5) is 5.69 Å². The Morgan fingerprint density at radius 3 is 2.81 bits per heavy atom. The number of para-hydroxylation sites is 1. The lowest BCUT2D eigenvalue weighted by atomic mass is 10.2. The SMILES string of the molecule is Cc1cc(Cl)ccc1NC(=O)Cn1nc(COc2ccccc2)oc1=S. The van der Waals surface area contributed by atoms with Gasteiger partial charge in [-0.2, -0.15) is 0 Å². The summed E-state index contributed by atoms with van der Waals surface area (Å²) < 4.78 is 12.2. The molecule has 2 aromatic carbocycles. The smallest absolute Gasteiger partial charge is 0.287 e. The van der Waals surface area contributed by atoms with Crippen LogP contribution < -0.4 is 10.1 Å². The predicted molar refractivity (Wildman–Crippen MR) is 101 cm³/mol. The fourth-order valence-corrected chi connectivity index (χ4v) is 2.69. The first-order valence-corrected chi connectivity index (χ1v) is 8.60. The van der Waals surface area contributed by atoms with E-state index < -0.39 is 0 Å². The molecule has 1 amide bonds. The quantitative estimate of drug-likeness (QED) is 0.633. The van der Waals surface area contributed by atoms with E-state index in [1.165, 1.54) is 4.68 Å². The average Bonchev–Trinajstić information content (AvgIpc) is 2.96. The van der Waals surface area contributed by atoms with Gasteiger partial charge in [-0.1, -0.05) is 29.8 Å². The van der Waals surface area contributed by atoms with Crippen molar-refractivity contribution in [3.8, 4) is 5.75 Å². The molecule has 0 atom stereocenters. The predicted octanol–water partition coefficient (Wildman–Crippen LogP) is 4.39. The average molecular weight is 390 g/mol. The van der Waals surface area contributed by atoms with Crippen molar-refractivity contribution in [2.45, 2.75) is 20.1 Å². The fourth-order valence-electron chi connectivity index (χ4n) is 2.26. The highest BCUT2D eigenvalue weighted by atomic mass is 35.5. The van der Waals surface area contributed by atoms with Gasteiger partial charge < -0.3 is 14.5 Å². The van der Waals surface area contributed by atoms with Crippen LogP contribution >= 0.6 is 23.8 Å². The lowest BCUT2D eigenvalue weighted by Gasteiger charge is -2.08. The maximum Gasteiger partial charge on any atom is 0.287 e. The van der Waals surface area contributed by atoms with Crippen LogP contribution in [0.5, 0.6) is 5.75 Å². The zero-order chi connectivity index (χ0) is 18.5. The van der Waals surface area contributed by atoms with Gasteiger partial charge in [0.25, 0.3) is 10.7 Å². The molecule has 0 spiro atoms. The van der Waals surface area contributed by atoms with Gasteiger partial charge in [-0.25, -0.2) is 4.68 Å². The molecular weight excluding hydrogens is 374 g/mol. The first kappa shape index (κ1) is 18.2. The van der Waals surface area contributed by atoms with Gasteiger partial charge in [-0.15, -0.1) is 5.10 Å². The van der Waals surface area contributed by atoms with E-state index in [0.717, 1.165) is 5.56 Å². The van der Waals surface area contributed by atoms with Crippen LogP contribution in [-0.4, -0.2) is 15.7 Å². The second-order valence-electron chi connectivity index (χ2n) is 5.53. The Bertz CT molecular complexity index is 969. The third-order valence-corrected chi connectivity index (χ3v) is 4.04. The molecule has 0 radical (unpaired) electrons. The Morgan fingerprint density at radius 1 is 1.31 bits per heavy atom. The molecule has 0 aliphatic carbocycles. The number of halogens is 1. The molecule has 0 saturated heterocycles. The summed E-state index contributed by atoms with van der Waals surface area (Å²) in [4.78, 5) is 12.3. The summed E-state index contributed by atoms with van der Waals surface area (Å²) in [6, 6.07) is 14.5. The second-order valence-corrected chi connectivity index (χ2v) is 6.31. The zero-order valence-electron chi connectivity index (χ0n) is 13.9. The van der Waals surface area contributed by atoms with E-state index in [-0.39, 0.29) is 23.9 Å². The molecular formula is C18H16ClN3O3S. The van der Waals surface area contributed by atoms with Gasteiger partial charge in [0.05, 0.1) is 0 Å². The molecule has 26 heavy (non-hydrogen) atoms. The van der Waals surface area contributed by atoms with Crippen LogP contribution in [0.1, 0.15) is 11.5 Å². The van der Waals surface area contributed by atoms with Crippen molar-refractivity contribution in [3.63, 3.8) is 0 Å². The van der Waals surface area contributed by atoms with Crippen molar-refractivity contribution >= 4 is 35.4 Å². The number of aryl methyl sites for hydroxylation is 1. The Hall–Kier alpha value is -2.64. The van der Waals surface area contributed by atoms with E-state index in [1.807, 2.05) is 37.3 Å². The number of amides is 1. The molecule has 8 heteroatoms. The van der Waals surface area contributed by atoms with Crippen molar-refractivity contribution in [2.75, 3.05) is 5.32 Å². The molecule has 0 bridgehead atoms. The molecule has 0 saturated carbocycles. The van der Waals surface area contributed by atoms with Crippen molar-refractivity contribution in [1.82, 2.24) is 9.78 Å². The summed E-state index contributed by atoms with van der Waals surface area (Å²) in [5.41, 5.74) is 1.55. The van der Waals surface area contributed by atoms with Crippen LogP contribution in [0.25, 0.3) is 0 Å². The molecule has 3 aromatic rings. The number of nitrogens with one attached hydrogen (secondary N) is 1. The molecule has 6 nitrogen and oxygen atoms in total. The summed E-state index contributed by atoms with van der Waals surface area (Å²) in [7, 11) is 0. The molecule has 1 heterocycles. The Morgan fingerprint density at radius 2 is 2.08 bits per heavy atom. The Balaban J connectivity index is 1.62. The highest BCUT2D eigenvalue weighted by Crippen LogP contribution is 2.19. The van der Waals surface area contributed by atoms with E-state index in [2.05, 4.69) is 10.4 Å². The van der Waals surface area contributed by atoms with Crippen molar-refractivity contribution in [1.29, 1.82) is 0 Å². The number of hydrogen-bond acceptors (Lipinski definition) is 5. The second kappa shape index (κ2) is 8.16. The molecule has 0 aliphatic heterocycles. The van der Waals surface area contributed by atoms with E-state index in [9.17, 15) is 4.79 Å². The molecule has 134 valence electrons. The summed E-state index contributed by atoms with van der Waals surface area (Å²) >= 11 is 11.0. The lowest BCUT2D eigenvalue weighted by molar-refractivity contribution is -0.117. The van der Waals surface area contributed by atoms with Crippen LogP contribution in [0.15, 0.2) is 52.9 Å². The first-order chi connectivity index (χ1) is 12.5. The number of hydrogen-bond donors (Lipinski definition) is 1. The van der Waals surface area contributed by atoms with Gasteiger partial charge in [-0.05, 0) is 55.0 Å². The lowest BCUT2D eigenvalue weighted by Crippen LogP contribution is -2.20. The number of carbonyl (C=O) groups excluding carboxylic acids is 1. The minimum Gasteiger partial charge on any atom is -0.484 e. The summed E-state index contributed by atoms with van der Waals surface area (Å²) in [6.45, 7) is 1.93. The minimum absolute atomic E-state index is 0.0598. The van der Waals surface area contributed by atoms with E-state index in [1.54, 1.807) is 18.2 Å². The first-order valence-electron chi connectivity index (χ1n) is 7.82. The van der Waals surface area contributed by atoms with Gasteiger partial charge in [0.15, 0.2) is 6.61 Å². The standard InChI is InChI=1S/C18H16ClN3O3S/c1-12-9-13(19)7-8-15(12)20-16(23)10-22-18(26)25-17(21-22)11-24-14-5-3-2-4-6-14/h2-9H,10-11H2,1H3,(H,20,23). The topological polar surface area (TPSA) is 69.3 Å². The number of aromatic nitrogens is 2. The van der Waals surface area contributed by atoms with Crippen LogP contribution in [0.3, 0.4) is 0 Å². The third kappa shape index (κ3) is 4.71. The van der Waals surface area contributed by atoms with E-state index in [4.69, 9.17) is 33.0 Å². The van der Waals surface area contributed by atoms with Crippen molar-refractivity contribution in [2.24, 2.45) is 0 Å². The normalized spacial score (nSPS) is 10.5. The highest BCUT2D eigenvalue weighted by Gasteiger charge is 2.11. The van der Waals surface area contributed by atoms with Gasteiger partial charge in [0.2, 0.25) is 5.91 Å². The van der Waals surface area contributed by atoms with Crippen LogP contribution in [0, 0.1) is 11.8 Å². The highest BCUT2D eigenvalue weighted by molar-refractivity contribution is 7.71. The molecule has 0 unspecified atom stereocenters. The van der Waals surface area contributed by atoms with Gasteiger partial charge >= 0.3 is 0 Å².